The lowest BCUT2D eigenvalue weighted by Crippen LogP contribution is -2.47. The molecule has 1 aliphatic heterocycles. The van der Waals surface area contributed by atoms with Gasteiger partial charge in [0.15, 0.2) is 0 Å². The Morgan fingerprint density at radius 3 is 2.25 bits per heavy atom. The van der Waals surface area contributed by atoms with Crippen LogP contribution in [0, 0.1) is 6.92 Å². The Bertz CT molecular complexity index is 1310. The van der Waals surface area contributed by atoms with Crippen molar-refractivity contribution in [2.75, 3.05) is 27.2 Å². The van der Waals surface area contributed by atoms with E-state index in [4.69, 9.17) is 11.6 Å². The zero-order chi connectivity index (χ0) is 22.9. The van der Waals surface area contributed by atoms with Crippen LogP contribution in [0.1, 0.15) is 26.3 Å². The summed E-state index contributed by atoms with van der Waals surface area (Å²) < 4.78 is 24.8. The molecule has 3 aromatic rings. The normalized spacial score (nSPS) is 14.4. The maximum atomic E-state index is 12.6. The van der Waals surface area contributed by atoms with Gasteiger partial charge in [-0.2, -0.15) is 0 Å². The van der Waals surface area contributed by atoms with Crippen LogP contribution in [0.15, 0.2) is 66.7 Å². The summed E-state index contributed by atoms with van der Waals surface area (Å²) in [5.41, 5.74) is 3.18. The van der Waals surface area contributed by atoms with Crippen LogP contribution in [-0.2, 0) is 10.0 Å². The maximum absolute atomic E-state index is 12.6. The molecule has 1 heterocycles. The Kier molecular flexibility index (Phi) is 5.90. The van der Waals surface area contributed by atoms with Crippen molar-refractivity contribution in [2.45, 2.75) is 6.92 Å². The molecule has 0 unspecified atom stereocenters. The number of halogens is 1. The van der Waals surface area contributed by atoms with Gasteiger partial charge in [-0.3, -0.25) is 13.9 Å². The number of nitrogens with zero attached hydrogens (tertiary/aromatic N) is 1. The third-order valence-electron chi connectivity index (χ3n) is 5.06. The number of nitrogens with one attached hydrogen (secondary N) is 2. The van der Waals surface area contributed by atoms with E-state index in [-0.39, 0.29) is 17.6 Å². The van der Waals surface area contributed by atoms with Crippen molar-refractivity contribution in [3.8, 4) is 0 Å². The van der Waals surface area contributed by atoms with Crippen LogP contribution in [0.2, 0.25) is 5.02 Å². The standard InChI is InChI=1S/C23H20ClN3O4S/c1-15-3-2-4-17(13-15)23(29)26-21-14-18(7-10-20(21)24)25-22(28)16-5-8-19(9-6-16)27-11-12-32(27,30)31/h2-10,13-14H,11-12H2,1H3,(H,25,28)(H,26,29). The molecule has 9 heteroatoms. The summed E-state index contributed by atoms with van der Waals surface area (Å²) >= 11 is 6.22. The second-order valence-corrected chi connectivity index (χ2v) is 9.83. The van der Waals surface area contributed by atoms with E-state index in [1.807, 2.05) is 13.0 Å². The van der Waals surface area contributed by atoms with Crippen LogP contribution in [-0.4, -0.2) is 32.5 Å². The van der Waals surface area contributed by atoms with E-state index in [1.165, 1.54) is 4.31 Å². The van der Waals surface area contributed by atoms with Gasteiger partial charge in [-0.25, -0.2) is 8.42 Å². The number of aryl methyl sites for hydroxylation is 1. The Balaban J connectivity index is 1.46. The number of hydrogen-bond acceptors (Lipinski definition) is 4. The highest BCUT2D eigenvalue weighted by Gasteiger charge is 2.32. The zero-order valence-corrected chi connectivity index (χ0v) is 18.7. The van der Waals surface area contributed by atoms with Crippen molar-refractivity contribution in [3.05, 3.63) is 88.4 Å². The molecule has 7 nitrogen and oxygen atoms in total. The van der Waals surface area contributed by atoms with Gasteiger partial charge in [0.25, 0.3) is 11.8 Å². The van der Waals surface area contributed by atoms with Crippen LogP contribution in [0.5, 0.6) is 0 Å². The van der Waals surface area contributed by atoms with Crippen molar-refractivity contribution < 1.29 is 18.0 Å². The van der Waals surface area contributed by atoms with Gasteiger partial charge in [0.2, 0.25) is 10.0 Å². The molecular formula is C23H20ClN3O4S. The van der Waals surface area contributed by atoms with Crippen molar-refractivity contribution in [1.82, 2.24) is 0 Å². The molecule has 2 N–H and O–H groups in total. The summed E-state index contributed by atoms with van der Waals surface area (Å²) in [5.74, 6) is -0.550. The first-order valence-corrected chi connectivity index (χ1v) is 11.8. The molecule has 32 heavy (non-hydrogen) atoms. The molecule has 0 spiro atoms. The Labute approximate surface area is 191 Å². The van der Waals surface area contributed by atoms with Crippen LogP contribution in [0.4, 0.5) is 17.1 Å². The SMILES string of the molecule is Cc1cccc(C(=O)Nc2cc(NC(=O)c3ccc(N4CCS4(=O)=O)cc3)ccc2Cl)c1. The van der Waals surface area contributed by atoms with Crippen LogP contribution >= 0.6 is 11.6 Å². The minimum absolute atomic E-state index is 0.133. The average molecular weight is 470 g/mol. The molecule has 0 atom stereocenters. The zero-order valence-electron chi connectivity index (χ0n) is 17.1. The van der Waals surface area contributed by atoms with Gasteiger partial charge in [-0.1, -0.05) is 29.3 Å². The molecule has 1 aliphatic rings. The largest absolute Gasteiger partial charge is 0.322 e. The number of anilines is 3. The van der Waals surface area contributed by atoms with Gasteiger partial charge < -0.3 is 10.6 Å². The van der Waals surface area contributed by atoms with Gasteiger partial charge in [0, 0.05) is 23.4 Å². The summed E-state index contributed by atoms with van der Waals surface area (Å²) in [7, 11) is -3.21. The van der Waals surface area contributed by atoms with Gasteiger partial charge in [0.1, 0.15) is 0 Å². The smallest absolute Gasteiger partial charge is 0.255 e. The molecule has 0 aromatic heterocycles. The highest BCUT2D eigenvalue weighted by molar-refractivity contribution is 7.94. The van der Waals surface area contributed by atoms with Crippen molar-refractivity contribution in [1.29, 1.82) is 0 Å². The van der Waals surface area contributed by atoms with Gasteiger partial charge in [-0.05, 0) is 61.5 Å². The van der Waals surface area contributed by atoms with Gasteiger partial charge in [-0.15, -0.1) is 0 Å². The molecule has 0 bridgehead atoms. The highest BCUT2D eigenvalue weighted by atomic mass is 35.5. The van der Waals surface area contributed by atoms with Crippen LogP contribution < -0.4 is 14.9 Å². The first kappa shape index (κ1) is 21.9. The number of carbonyl (C=O) groups is 2. The topological polar surface area (TPSA) is 95.6 Å². The highest BCUT2D eigenvalue weighted by Crippen LogP contribution is 2.27. The summed E-state index contributed by atoms with van der Waals surface area (Å²) in [4.78, 5) is 25.2. The first-order chi connectivity index (χ1) is 15.2. The lowest BCUT2D eigenvalue weighted by Gasteiger charge is -2.32. The number of benzene rings is 3. The van der Waals surface area contributed by atoms with E-state index in [0.717, 1.165) is 5.56 Å². The first-order valence-electron chi connectivity index (χ1n) is 9.82. The molecule has 0 saturated carbocycles. The quantitative estimate of drug-likeness (QED) is 0.582. The van der Waals surface area contributed by atoms with Crippen LogP contribution in [0.3, 0.4) is 0 Å². The third-order valence-corrected chi connectivity index (χ3v) is 7.15. The molecule has 1 fully saturated rings. The molecular weight excluding hydrogens is 450 g/mol. The molecule has 0 radical (unpaired) electrons. The van der Waals surface area contributed by atoms with Crippen molar-refractivity contribution in [2.24, 2.45) is 0 Å². The molecule has 2 amide bonds. The fraction of sp³-hybridized carbons (Fsp3) is 0.130. The molecule has 164 valence electrons. The fourth-order valence-corrected chi connectivity index (χ4v) is 4.55. The summed E-state index contributed by atoms with van der Waals surface area (Å²) in [6, 6.07) is 18.3. The number of rotatable bonds is 5. The Morgan fingerprint density at radius 1 is 0.906 bits per heavy atom. The van der Waals surface area contributed by atoms with E-state index in [1.54, 1.807) is 60.7 Å². The average Bonchev–Trinajstić information content (AvgIpc) is 2.76. The molecule has 1 saturated heterocycles. The van der Waals surface area contributed by atoms with Gasteiger partial charge in [0.05, 0.1) is 22.2 Å². The van der Waals surface area contributed by atoms with E-state index >= 15 is 0 Å². The molecule has 3 aromatic carbocycles. The lowest BCUT2D eigenvalue weighted by molar-refractivity contribution is 0.101. The molecule has 4 rings (SSSR count). The number of hydrogen-bond donors (Lipinski definition) is 2. The minimum Gasteiger partial charge on any atom is -0.322 e. The maximum Gasteiger partial charge on any atom is 0.255 e. The van der Waals surface area contributed by atoms with Crippen LogP contribution in [0.25, 0.3) is 0 Å². The third kappa shape index (κ3) is 4.61. The second kappa shape index (κ2) is 8.64. The van der Waals surface area contributed by atoms with Gasteiger partial charge >= 0.3 is 0 Å². The monoisotopic (exact) mass is 469 g/mol. The van der Waals surface area contributed by atoms with E-state index in [2.05, 4.69) is 10.6 Å². The number of amides is 2. The Morgan fingerprint density at radius 2 is 1.62 bits per heavy atom. The van der Waals surface area contributed by atoms with E-state index in [9.17, 15) is 18.0 Å². The Hall–Kier alpha value is -3.36. The fourth-order valence-electron chi connectivity index (χ4n) is 3.28. The summed E-state index contributed by atoms with van der Waals surface area (Å²) in [6.07, 6.45) is 0. The summed E-state index contributed by atoms with van der Waals surface area (Å²) in [6.45, 7) is 2.34. The minimum atomic E-state index is -3.21. The predicted molar refractivity (Wildman–Crippen MR) is 126 cm³/mol. The molecule has 0 aliphatic carbocycles. The predicted octanol–water partition coefficient (Wildman–Crippen LogP) is 4.30. The van der Waals surface area contributed by atoms with Crippen molar-refractivity contribution in [3.63, 3.8) is 0 Å². The van der Waals surface area contributed by atoms with E-state index < -0.39 is 10.0 Å². The number of carbonyl (C=O) groups excluding carboxylic acids is 2. The second-order valence-electron chi connectivity index (χ2n) is 7.41. The lowest BCUT2D eigenvalue weighted by atomic mass is 10.1. The van der Waals surface area contributed by atoms with E-state index in [0.29, 0.717) is 39.8 Å². The summed E-state index contributed by atoms with van der Waals surface area (Å²) in [5, 5.41) is 5.86. The number of sulfonamides is 1. The van der Waals surface area contributed by atoms with Crippen molar-refractivity contribution >= 4 is 50.5 Å².